The molecule has 4 nitrogen and oxygen atoms in total. The molecule has 1 aromatic heterocycles. The van der Waals surface area contributed by atoms with Gasteiger partial charge in [0.25, 0.3) is 0 Å². The van der Waals surface area contributed by atoms with Crippen LogP contribution in [0, 0.1) is 0 Å². The second-order valence-corrected chi connectivity index (χ2v) is 5.98. The summed E-state index contributed by atoms with van der Waals surface area (Å²) in [6, 6.07) is 1.44. The summed E-state index contributed by atoms with van der Waals surface area (Å²) in [7, 11) is 0. The smallest absolute Gasteiger partial charge is 0.325 e. The summed E-state index contributed by atoms with van der Waals surface area (Å²) in [6.07, 6.45) is 10.3. The number of hydrogen-bond donors (Lipinski definition) is 2. The Balaban J connectivity index is 2.09. The van der Waals surface area contributed by atoms with Crippen molar-refractivity contribution in [1.29, 1.82) is 0 Å². The normalized spacial score (nSPS) is 18.8. The SMILES string of the molecule is O=C(O)C(NC1CCCCCC1)c1cncc(Br)c1. The van der Waals surface area contributed by atoms with Crippen LogP contribution in [0.5, 0.6) is 0 Å². The van der Waals surface area contributed by atoms with E-state index in [0.717, 1.165) is 17.3 Å². The number of nitrogens with one attached hydrogen (secondary N) is 1. The first-order chi connectivity index (χ1) is 9.16. The van der Waals surface area contributed by atoms with Crippen LogP contribution in [-0.2, 0) is 4.79 Å². The molecule has 5 heteroatoms. The highest BCUT2D eigenvalue weighted by Gasteiger charge is 2.24. The van der Waals surface area contributed by atoms with Gasteiger partial charge in [0.2, 0.25) is 0 Å². The van der Waals surface area contributed by atoms with Crippen LogP contribution in [0.4, 0.5) is 0 Å². The zero-order valence-corrected chi connectivity index (χ0v) is 12.4. The van der Waals surface area contributed by atoms with Gasteiger partial charge in [0.05, 0.1) is 0 Å². The van der Waals surface area contributed by atoms with Crippen molar-refractivity contribution in [1.82, 2.24) is 10.3 Å². The summed E-state index contributed by atoms with van der Waals surface area (Å²) < 4.78 is 0.805. The van der Waals surface area contributed by atoms with Crippen LogP contribution in [0.25, 0.3) is 0 Å². The van der Waals surface area contributed by atoms with Crippen LogP contribution in [0.2, 0.25) is 0 Å². The molecule has 1 aliphatic carbocycles. The van der Waals surface area contributed by atoms with Gasteiger partial charge in [0.1, 0.15) is 6.04 Å². The second-order valence-electron chi connectivity index (χ2n) is 5.06. The third kappa shape index (κ3) is 4.28. The van der Waals surface area contributed by atoms with E-state index in [0.29, 0.717) is 11.6 Å². The minimum atomic E-state index is -0.843. The highest BCUT2D eigenvalue weighted by atomic mass is 79.9. The van der Waals surface area contributed by atoms with Gasteiger partial charge in [0.15, 0.2) is 0 Å². The molecule has 0 radical (unpaired) electrons. The van der Waals surface area contributed by atoms with Crippen molar-refractivity contribution in [2.24, 2.45) is 0 Å². The molecule has 1 atom stereocenters. The number of carboxylic acid groups (broad SMARTS) is 1. The van der Waals surface area contributed by atoms with E-state index in [-0.39, 0.29) is 0 Å². The molecular formula is C14H19BrN2O2. The summed E-state index contributed by atoms with van der Waals surface area (Å²) in [5.74, 6) is -0.843. The average molecular weight is 327 g/mol. The quantitative estimate of drug-likeness (QED) is 0.833. The Labute approximate surface area is 121 Å². The maximum Gasteiger partial charge on any atom is 0.325 e. The molecule has 1 fully saturated rings. The number of halogens is 1. The Hall–Kier alpha value is -0.940. The van der Waals surface area contributed by atoms with E-state index in [1.807, 2.05) is 6.07 Å². The second kappa shape index (κ2) is 7.01. The summed E-state index contributed by atoms with van der Waals surface area (Å²) in [6.45, 7) is 0. The number of aromatic nitrogens is 1. The van der Waals surface area contributed by atoms with E-state index in [9.17, 15) is 9.90 Å². The Morgan fingerprint density at radius 1 is 1.32 bits per heavy atom. The third-order valence-corrected chi connectivity index (χ3v) is 4.00. The van der Waals surface area contributed by atoms with Gasteiger partial charge >= 0.3 is 5.97 Å². The van der Waals surface area contributed by atoms with Crippen molar-refractivity contribution in [2.45, 2.75) is 50.6 Å². The van der Waals surface area contributed by atoms with E-state index in [1.54, 1.807) is 12.4 Å². The lowest BCUT2D eigenvalue weighted by Crippen LogP contribution is -2.36. The monoisotopic (exact) mass is 326 g/mol. The first kappa shape index (κ1) is 14.5. The van der Waals surface area contributed by atoms with Gasteiger partial charge in [-0.25, -0.2) is 0 Å². The van der Waals surface area contributed by atoms with Gasteiger partial charge in [-0.3, -0.25) is 15.1 Å². The number of pyridine rings is 1. The summed E-state index contributed by atoms with van der Waals surface area (Å²) in [4.78, 5) is 15.5. The Morgan fingerprint density at radius 2 is 2.00 bits per heavy atom. The fourth-order valence-electron chi connectivity index (χ4n) is 2.58. The average Bonchev–Trinajstić information content (AvgIpc) is 2.64. The fraction of sp³-hybridized carbons (Fsp3) is 0.571. The summed E-state index contributed by atoms with van der Waals surface area (Å²) >= 11 is 3.33. The minimum absolute atomic E-state index is 0.294. The van der Waals surface area contributed by atoms with E-state index >= 15 is 0 Å². The van der Waals surface area contributed by atoms with Crippen molar-refractivity contribution in [3.63, 3.8) is 0 Å². The Bertz CT molecular complexity index is 431. The first-order valence-electron chi connectivity index (χ1n) is 6.76. The summed E-state index contributed by atoms with van der Waals surface area (Å²) in [5, 5.41) is 12.7. The maximum absolute atomic E-state index is 11.5. The van der Waals surface area contributed by atoms with Crippen molar-refractivity contribution in [3.05, 3.63) is 28.5 Å². The molecule has 0 aromatic carbocycles. The van der Waals surface area contributed by atoms with Gasteiger partial charge < -0.3 is 5.11 Å². The highest BCUT2D eigenvalue weighted by Crippen LogP contribution is 2.22. The topological polar surface area (TPSA) is 62.2 Å². The van der Waals surface area contributed by atoms with E-state index in [2.05, 4.69) is 26.2 Å². The predicted octanol–water partition coefficient (Wildman–Crippen LogP) is 3.28. The number of carboxylic acids is 1. The number of rotatable bonds is 4. The Kier molecular flexibility index (Phi) is 5.34. The lowest BCUT2D eigenvalue weighted by atomic mass is 10.0. The van der Waals surface area contributed by atoms with Gasteiger partial charge in [-0.2, -0.15) is 0 Å². The minimum Gasteiger partial charge on any atom is -0.480 e. The Morgan fingerprint density at radius 3 is 2.58 bits per heavy atom. The van der Waals surface area contributed by atoms with Gasteiger partial charge in [0, 0.05) is 22.9 Å². The fourth-order valence-corrected chi connectivity index (χ4v) is 2.96. The number of nitrogens with zero attached hydrogens (tertiary/aromatic N) is 1. The maximum atomic E-state index is 11.5. The van der Waals surface area contributed by atoms with E-state index in [1.165, 1.54) is 25.7 Å². The molecule has 0 saturated heterocycles. The largest absolute Gasteiger partial charge is 0.480 e. The molecule has 0 amide bonds. The molecule has 104 valence electrons. The number of aliphatic carboxylic acids is 1. The molecule has 2 rings (SSSR count). The van der Waals surface area contributed by atoms with Gasteiger partial charge in [-0.05, 0) is 40.4 Å². The molecule has 0 aliphatic heterocycles. The molecule has 1 aliphatic rings. The number of carbonyl (C=O) groups is 1. The van der Waals surface area contributed by atoms with Crippen LogP contribution in [0.1, 0.15) is 50.1 Å². The van der Waals surface area contributed by atoms with Gasteiger partial charge in [-0.15, -0.1) is 0 Å². The van der Waals surface area contributed by atoms with Crippen LogP contribution in [0.3, 0.4) is 0 Å². The molecule has 0 bridgehead atoms. The molecule has 19 heavy (non-hydrogen) atoms. The number of hydrogen-bond acceptors (Lipinski definition) is 3. The van der Waals surface area contributed by atoms with Crippen LogP contribution < -0.4 is 5.32 Å². The zero-order valence-electron chi connectivity index (χ0n) is 10.8. The van der Waals surface area contributed by atoms with Crippen molar-refractivity contribution in [3.8, 4) is 0 Å². The molecule has 1 aromatic rings. The van der Waals surface area contributed by atoms with Gasteiger partial charge in [-0.1, -0.05) is 25.7 Å². The predicted molar refractivity (Wildman–Crippen MR) is 76.9 cm³/mol. The zero-order chi connectivity index (χ0) is 13.7. The van der Waals surface area contributed by atoms with Crippen LogP contribution in [-0.4, -0.2) is 22.1 Å². The molecule has 2 N–H and O–H groups in total. The third-order valence-electron chi connectivity index (χ3n) is 3.56. The molecule has 1 unspecified atom stereocenters. The van der Waals surface area contributed by atoms with E-state index < -0.39 is 12.0 Å². The van der Waals surface area contributed by atoms with Crippen molar-refractivity contribution >= 4 is 21.9 Å². The standard InChI is InChI=1S/C14H19BrN2O2/c15-11-7-10(8-16-9-11)13(14(18)19)17-12-5-3-1-2-4-6-12/h7-9,12-13,17H,1-6H2,(H,18,19). The lowest BCUT2D eigenvalue weighted by molar-refractivity contribution is -0.140. The molecular weight excluding hydrogens is 308 g/mol. The molecule has 0 spiro atoms. The molecule has 1 saturated carbocycles. The lowest BCUT2D eigenvalue weighted by Gasteiger charge is -2.22. The van der Waals surface area contributed by atoms with Crippen LogP contribution >= 0.6 is 15.9 Å². The highest BCUT2D eigenvalue weighted by molar-refractivity contribution is 9.10. The first-order valence-corrected chi connectivity index (χ1v) is 7.55. The van der Waals surface area contributed by atoms with Crippen molar-refractivity contribution < 1.29 is 9.90 Å². The summed E-state index contributed by atoms with van der Waals surface area (Å²) in [5.41, 5.74) is 0.700. The van der Waals surface area contributed by atoms with E-state index in [4.69, 9.17) is 0 Å². The van der Waals surface area contributed by atoms with Crippen molar-refractivity contribution in [2.75, 3.05) is 0 Å². The van der Waals surface area contributed by atoms with Crippen LogP contribution in [0.15, 0.2) is 22.9 Å². The molecule has 1 heterocycles.